The van der Waals surface area contributed by atoms with Crippen LogP contribution in [0.2, 0.25) is 0 Å². The quantitative estimate of drug-likeness (QED) is 0.0131. The summed E-state index contributed by atoms with van der Waals surface area (Å²) in [5.74, 6) is -2.39. The van der Waals surface area contributed by atoms with E-state index in [0.717, 1.165) is 33.0 Å². The number of nitrogens with zero attached hydrogens (tertiary/aromatic N) is 10. The van der Waals surface area contributed by atoms with E-state index >= 15 is 0 Å². The van der Waals surface area contributed by atoms with Gasteiger partial charge in [-0.1, -0.05) is 22.4 Å². The van der Waals surface area contributed by atoms with E-state index in [2.05, 4.69) is 30.7 Å². The maximum atomic E-state index is 13.2. The van der Waals surface area contributed by atoms with Crippen LogP contribution in [0.25, 0.3) is 87.7 Å². The average molecular weight is 1260 g/mol. The molecule has 2 amide bonds. The Balaban J connectivity index is 0.000000261. The van der Waals surface area contributed by atoms with Crippen LogP contribution in [0, 0.1) is 0 Å². The zero-order valence-corrected chi connectivity index (χ0v) is 52.9. The Morgan fingerprint density at radius 1 is 0.467 bits per heavy atom. The van der Waals surface area contributed by atoms with Gasteiger partial charge in [-0.25, -0.2) is 9.15 Å². The van der Waals surface area contributed by atoms with Gasteiger partial charge in [-0.3, -0.25) is 9.59 Å². The number of fused-ring (bicyclic) bond motifs is 4. The van der Waals surface area contributed by atoms with Crippen molar-refractivity contribution in [3.63, 3.8) is 0 Å². The van der Waals surface area contributed by atoms with Crippen molar-refractivity contribution in [2.45, 2.75) is 0 Å². The first-order chi connectivity index (χ1) is 44.4. The molecule has 26 heteroatoms. The Morgan fingerprint density at radius 3 is 1.27 bits per heavy atom. The molecule has 0 unspecified atom stereocenters. The van der Waals surface area contributed by atoms with Crippen LogP contribution in [-0.2, 0) is 28.4 Å². The van der Waals surface area contributed by atoms with Gasteiger partial charge in [0.05, 0.1) is 103 Å². The molecule has 0 spiro atoms. The average Bonchev–Trinajstić information content (AvgIpc) is 0.759. The fraction of sp³-hybridized carbons (Fsp3) is 0.364. The standard InChI is InChI=1S/2C33H38N6O7/c1-38(2)23-6-9-26-29(20-23)46-30-21-24(39(3)4)7-10-27(30)31(26)28-19-22(5-8-25(28)33(41)42)32(40)35-11-13-43-15-17-45-18-16-44-14-12-36-37-34;1-38(2)23-6-9-26-29(20-23)46-30-21-24(39(3)4)7-10-27(30)31(26)25-8-5-22(19-28(25)33(41)42)32(40)35-11-13-43-15-17-45-18-16-44-14-12-36-37-34/h2*5-10,19-21H,11-18H2,1-4H3,(H-,35,40,41,42). The molecule has 0 aromatic heterocycles. The van der Waals surface area contributed by atoms with Crippen LogP contribution in [0.3, 0.4) is 0 Å². The van der Waals surface area contributed by atoms with E-state index in [1.165, 1.54) is 18.2 Å². The van der Waals surface area contributed by atoms with E-state index < -0.39 is 17.8 Å². The highest BCUT2D eigenvalue weighted by Gasteiger charge is 2.25. The SMILES string of the molecule is CN(C)c1ccc2c(-c3cc(C(=O)NCCOCCOCCOCCN=[N+]=[N-])ccc3C(=O)[O-])c3ccc(=[N+](C)C)cc-3oc2c1.CN(C)c1ccc2c(-c3ccc(C(=O)NCCOCCOCCOCCN=[N+]=[N-])cc3C(=O)[O-])c3ccc(=[N+](C)C)cc-3oc2c1. The number of ether oxygens (including phenoxy) is 6. The summed E-state index contributed by atoms with van der Waals surface area (Å²) >= 11 is 0. The zero-order chi connectivity index (χ0) is 66.1. The largest absolute Gasteiger partial charge is 0.545 e. The first kappa shape index (κ1) is 69.6. The lowest BCUT2D eigenvalue weighted by Crippen LogP contribution is -2.29. The van der Waals surface area contributed by atoms with Crippen molar-refractivity contribution in [1.29, 1.82) is 0 Å². The number of hydrogen-bond donors (Lipinski definition) is 2. The highest BCUT2D eigenvalue weighted by Crippen LogP contribution is 2.44. The highest BCUT2D eigenvalue weighted by molar-refractivity contribution is 6.10. The second-order valence-corrected chi connectivity index (χ2v) is 21.4. The number of carbonyl (C=O) groups excluding carboxylic acids is 4. The molecule has 92 heavy (non-hydrogen) atoms. The molecule has 2 aliphatic carbocycles. The number of anilines is 2. The fourth-order valence-corrected chi connectivity index (χ4v) is 9.63. The van der Waals surface area contributed by atoms with Crippen molar-refractivity contribution >= 4 is 57.1 Å². The number of aromatic carboxylic acids is 2. The van der Waals surface area contributed by atoms with E-state index in [1.807, 2.05) is 148 Å². The summed E-state index contributed by atoms with van der Waals surface area (Å²) in [5, 5.41) is 40.4. The predicted molar refractivity (Wildman–Crippen MR) is 346 cm³/mol. The smallest absolute Gasteiger partial charge is 0.251 e. The number of carboxylic acids is 2. The summed E-state index contributed by atoms with van der Waals surface area (Å²) in [6.07, 6.45) is 0. The molecule has 0 saturated carbocycles. The molecule has 8 rings (SSSR count). The minimum Gasteiger partial charge on any atom is -0.545 e. The molecule has 0 saturated heterocycles. The van der Waals surface area contributed by atoms with Gasteiger partial charge in [0.25, 0.3) is 11.8 Å². The molecule has 2 N–H and O–H groups in total. The maximum Gasteiger partial charge on any atom is 0.251 e. The molecule has 4 aromatic carbocycles. The summed E-state index contributed by atoms with van der Waals surface area (Å²) in [5.41, 5.74) is 23.3. The van der Waals surface area contributed by atoms with Crippen LogP contribution >= 0.6 is 0 Å². The molecule has 0 radical (unpaired) electrons. The van der Waals surface area contributed by atoms with E-state index in [4.69, 9.17) is 48.3 Å². The molecule has 4 aromatic rings. The van der Waals surface area contributed by atoms with Gasteiger partial charge < -0.3 is 77.5 Å². The van der Waals surface area contributed by atoms with Gasteiger partial charge in [-0.15, -0.1) is 0 Å². The number of rotatable bonds is 32. The first-order valence-corrected chi connectivity index (χ1v) is 29.5. The minimum atomic E-state index is -1.40. The molecule has 26 nitrogen and oxygen atoms in total. The van der Waals surface area contributed by atoms with Crippen molar-refractivity contribution in [2.24, 2.45) is 10.2 Å². The minimum absolute atomic E-state index is 0.0388. The van der Waals surface area contributed by atoms with Crippen molar-refractivity contribution in [3.05, 3.63) is 163 Å². The second kappa shape index (κ2) is 34.9. The molecule has 0 fully saturated rings. The number of benzene rings is 6. The number of amides is 2. The number of nitrogens with one attached hydrogen (secondary N) is 2. The first-order valence-electron chi connectivity index (χ1n) is 29.5. The lowest BCUT2D eigenvalue weighted by atomic mass is 9.89. The molecule has 0 bridgehead atoms. The van der Waals surface area contributed by atoms with Crippen LogP contribution in [0.1, 0.15) is 41.4 Å². The Kier molecular flexibility index (Phi) is 26.4. The van der Waals surface area contributed by atoms with E-state index in [0.29, 0.717) is 128 Å². The van der Waals surface area contributed by atoms with Gasteiger partial charge in [0.2, 0.25) is 10.7 Å². The van der Waals surface area contributed by atoms with Crippen LogP contribution in [0.15, 0.2) is 128 Å². The topological polar surface area (TPSA) is 330 Å². The van der Waals surface area contributed by atoms with Crippen LogP contribution in [-0.4, -0.2) is 186 Å². The van der Waals surface area contributed by atoms with Crippen LogP contribution in [0.5, 0.6) is 0 Å². The van der Waals surface area contributed by atoms with E-state index in [1.54, 1.807) is 18.2 Å². The molecule has 2 heterocycles. The van der Waals surface area contributed by atoms with E-state index in [9.17, 15) is 29.4 Å². The van der Waals surface area contributed by atoms with Gasteiger partial charge in [0.1, 0.15) is 50.9 Å². The van der Waals surface area contributed by atoms with Crippen LogP contribution < -0.4 is 50.5 Å². The third kappa shape index (κ3) is 19.1. The lowest BCUT2D eigenvalue weighted by Gasteiger charge is -2.20. The Bertz CT molecular complexity index is 4070. The predicted octanol–water partition coefficient (Wildman–Crippen LogP) is 5.51. The van der Waals surface area contributed by atoms with Crippen molar-refractivity contribution in [3.8, 4) is 44.9 Å². The summed E-state index contributed by atoms with van der Waals surface area (Å²) < 4.78 is 49.0. The number of hydrogen-bond acceptors (Lipinski definition) is 18. The normalized spacial score (nSPS) is 11.0. The van der Waals surface area contributed by atoms with Gasteiger partial charge in [-0.05, 0) is 82.9 Å². The number of azide groups is 2. The molecule has 0 atom stereocenters. The van der Waals surface area contributed by atoms with Crippen LogP contribution in [0.4, 0.5) is 11.4 Å². The lowest BCUT2D eigenvalue weighted by molar-refractivity contribution is -0.256. The van der Waals surface area contributed by atoms with Crippen molar-refractivity contribution < 1.29 is 66.6 Å². The Labute approximate surface area is 531 Å². The Morgan fingerprint density at radius 2 is 0.859 bits per heavy atom. The van der Waals surface area contributed by atoms with Crippen molar-refractivity contribution in [2.75, 3.05) is 172 Å². The van der Waals surface area contributed by atoms with Crippen molar-refractivity contribution in [1.82, 2.24) is 19.8 Å². The van der Waals surface area contributed by atoms with Gasteiger partial charge >= 0.3 is 0 Å². The summed E-state index contributed by atoms with van der Waals surface area (Å²) in [4.78, 5) is 60.1. The number of carboxylic acid groups (broad SMARTS) is 2. The number of carbonyl (C=O) groups is 4. The van der Waals surface area contributed by atoms with Gasteiger partial charge in [-0.2, -0.15) is 0 Å². The molecular weight excluding hydrogens is 1180 g/mol. The molecule has 4 aliphatic rings. The van der Waals surface area contributed by atoms with Gasteiger partial charge in [0, 0.05) is 155 Å². The highest BCUT2D eigenvalue weighted by atomic mass is 16.5. The van der Waals surface area contributed by atoms with Gasteiger partial charge in [0.15, 0.2) is 0 Å². The summed E-state index contributed by atoms with van der Waals surface area (Å²) in [6.45, 7) is 5.11. The Hall–Kier alpha value is -9.88. The summed E-state index contributed by atoms with van der Waals surface area (Å²) in [6, 6.07) is 32.1. The zero-order valence-electron chi connectivity index (χ0n) is 52.9. The molecule has 2 aliphatic heterocycles. The fourth-order valence-electron chi connectivity index (χ4n) is 9.63. The van der Waals surface area contributed by atoms with E-state index in [-0.39, 0.29) is 62.0 Å². The monoisotopic (exact) mass is 1260 g/mol. The third-order valence-electron chi connectivity index (χ3n) is 14.3. The third-order valence-corrected chi connectivity index (χ3v) is 14.3. The molecular formula is C66H76N12O14. The molecule has 484 valence electrons. The summed E-state index contributed by atoms with van der Waals surface area (Å²) in [7, 11) is 15.5. The second-order valence-electron chi connectivity index (χ2n) is 21.4. The maximum absolute atomic E-state index is 13.2.